The molecule has 138 valence electrons. The van der Waals surface area contributed by atoms with E-state index < -0.39 is 0 Å². The Balaban J connectivity index is 1.18. The lowest BCUT2D eigenvalue weighted by atomic mass is 10.1. The number of halogens is 2. The molecule has 5 rings (SSSR count). The monoisotopic (exact) mass is 377 g/mol. The summed E-state index contributed by atoms with van der Waals surface area (Å²) in [6.07, 6.45) is 6.04. The molecule has 0 amide bonds. The Morgan fingerprint density at radius 1 is 1.19 bits per heavy atom. The van der Waals surface area contributed by atoms with E-state index in [1.807, 2.05) is 0 Å². The van der Waals surface area contributed by atoms with Gasteiger partial charge in [0.1, 0.15) is 11.9 Å². The Bertz CT molecular complexity index is 823. The van der Waals surface area contributed by atoms with Gasteiger partial charge in [-0.25, -0.2) is 4.39 Å². The zero-order valence-corrected chi connectivity index (χ0v) is 15.1. The van der Waals surface area contributed by atoms with Crippen molar-refractivity contribution in [2.24, 2.45) is 0 Å². The summed E-state index contributed by atoms with van der Waals surface area (Å²) in [5, 5.41) is 7.82. The Hall–Kier alpha value is -1.50. The summed E-state index contributed by atoms with van der Waals surface area (Å²) in [6, 6.07) is 3.53. The predicted octanol–water partition coefficient (Wildman–Crippen LogP) is 4.24. The molecule has 0 radical (unpaired) electrons. The number of aryl methyl sites for hydroxylation is 1. The second-order valence-electron chi connectivity index (χ2n) is 7.55. The molecule has 2 aliphatic carbocycles. The average molecular weight is 378 g/mol. The summed E-state index contributed by atoms with van der Waals surface area (Å²) < 4.78 is 25.1. The molecular weight excluding hydrogens is 357 g/mol. The summed E-state index contributed by atoms with van der Waals surface area (Å²) in [6.45, 7) is 0.749. The number of hydrogen-bond donors (Lipinski definition) is 1. The number of nitrogens with one attached hydrogen (secondary N) is 1. The molecule has 26 heavy (non-hydrogen) atoms. The number of hydrogen-bond acceptors (Lipinski definition) is 5. The van der Waals surface area contributed by atoms with E-state index in [0.717, 1.165) is 62.0 Å². The lowest BCUT2D eigenvalue weighted by Gasteiger charge is -2.18. The third-order valence-electron chi connectivity index (χ3n) is 5.63. The maximum Gasteiger partial charge on any atom is 0.255 e. The molecular formula is C19H21ClFN3O2. The zero-order chi connectivity index (χ0) is 17.7. The molecule has 1 unspecified atom stereocenters. The molecule has 3 atom stereocenters. The number of fused-ring (bicyclic) bond motifs is 1. The van der Waals surface area contributed by atoms with Crippen molar-refractivity contribution >= 4 is 11.6 Å². The molecule has 3 aliphatic rings. The van der Waals surface area contributed by atoms with E-state index >= 15 is 0 Å². The molecule has 0 bridgehead atoms. The Morgan fingerprint density at radius 3 is 2.92 bits per heavy atom. The SMILES string of the molecule is Fc1cc2c(cc1Cl)C(NC[C@H]1CC[C@@H](c3nc(C4CC4)no3)O1)CC2. The van der Waals surface area contributed by atoms with Crippen LogP contribution < -0.4 is 5.32 Å². The van der Waals surface area contributed by atoms with E-state index in [0.29, 0.717) is 11.8 Å². The maximum absolute atomic E-state index is 13.6. The highest BCUT2D eigenvalue weighted by atomic mass is 35.5. The predicted molar refractivity (Wildman–Crippen MR) is 93.6 cm³/mol. The molecule has 0 spiro atoms. The van der Waals surface area contributed by atoms with Gasteiger partial charge in [-0.1, -0.05) is 16.8 Å². The quantitative estimate of drug-likeness (QED) is 0.844. The van der Waals surface area contributed by atoms with Crippen molar-refractivity contribution in [2.75, 3.05) is 6.54 Å². The zero-order valence-electron chi connectivity index (χ0n) is 14.4. The van der Waals surface area contributed by atoms with E-state index in [2.05, 4.69) is 15.5 Å². The van der Waals surface area contributed by atoms with Crippen LogP contribution in [0.15, 0.2) is 16.7 Å². The molecule has 7 heteroatoms. The summed E-state index contributed by atoms with van der Waals surface area (Å²) >= 11 is 5.95. The first-order chi connectivity index (χ1) is 12.7. The number of rotatable bonds is 5. The summed E-state index contributed by atoms with van der Waals surface area (Å²) in [4.78, 5) is 4.50. The summed E-state index contributed by atoms with van der Waals surface area (Å²) in [7, 11) is 0. The van der Waals surface area contributed by atoms with E-state index in [1.165, 1.54) is 0 Å². The number of benzene rings is 1. The van der Waals surface area contributed by atoms with Crippen molar-refractivity contribution in [3.05, 3.63) is 45.8 Å². The second-order valence-corrected chi connectivity index (χ2v) is 7.96. The van der Waals surface area contributed by atoms with Crippen molar-refractivity contribution in [1.82, 2.24) is 15.5 Å². The van der Waals surface area contributed by atoms with Crippen LogP contribution in [0.5, 0.6) is 0 Å². The fourth-order valence-corrected chi connectivity index (χ4v) is 4.18. The van der Waals surface area contributed by atoms with Crippen molar-refractivity contribution in [3.63, 3.8) is 0 Å². The van der Waals surface area contributed by atoms with Crippen LogP contribution in [-0.2, 0) is 11.2 Å². The van der Waals surface area contributed by atoms with Gasteiger partial charge < -0.3 is 14.6 Å². The molecule has 2 heterocycles. The normalized spacial score (nSPS) is 27.8. The number of aromatic nitrogens is 2. The van der Waals surface area contributed by atoms with Gasteiger partial charge in [-0.15, -0.1) is 0 Å². The van der Waals surface area contributed by atoms with Crippen LogP contribution in [0, 0.1) is 5.82 Å². The molecule has 1 N–H and O–H groups in total. The van der Waals surface area contributed by atoms with Crippen LogP contribution >= 0.6 is 11.6 Å². The van der Waals surface area contributed by atoms with E-state index in [4.69, 9.17) is 20.9 Å². The Kier molecular flexibility index (Phi) is 4.22. The molecule has 1 aromatic carbocycles. The van der Waals surface area contributed by atoms with Gasteiger partial charge in [-0.2, -0.15) is 4.98 Å². The summed E-state index contributed by atoms with van der Waals surface area (Å²) in [5.74, 6) is 1.60. The molecule has 1 aliphatic heterocycles. The average Bonchev–Trinajstić information content (AvgIpc) is 3.05. The van der Waals surface area contributed by atoms with Gasteiger partial charge in [-0.3, -0.25) is 0 Å². The molecule has 2 fully saturated rings. The summed E-state index contributed by atoms with van der Waals surface area (Å²) in [5.41, 5.74) is 2.16. The van der Waals surface area contributed by atoms with Gasteiger partial charge in [0.15, 0.2) is 5.82 Å². The third kappa shape index (κ3) is 3.15. The van der Waals surface area contributed by atoms with Gasteiger partial charge in [0.05, 0.1) is 11.1 Å². The maximum atomic E-state index is 13.6. The first-order valence-corrected chi connectivity index (χ1v) is 9.75. The smallest absolute Gasteiger partial charge is 0.255 e. The van der Waals surface area contributed by atoms with Crippen LogP contribution in [0.4, 0.5) is 4.39 Å². The minimum Gasteiger partial charge on any atom is -0.364 e. The standard InChI is InChI=1S/C19H21ClFN3O2/c20-14-8-13-11(7-15(14)21)3-5-16(13)22-9-12-4-6-17(25-12)19-23-18(24-26-19)10-1-2-10/h7-8,10,12,16-17,22H,1-6,9H2/t12-,16?,17+/m1/s1. The molecule has 2 aromatic rings. The van der Waals surface area contributed by atoms with E-state index in [1.54, 1.807) is 12.1 Å². The second kappa shape index (κ2) is 6.59. The molecule has 1 saturated carbocycles. The largest absolute Gasteiger partial charge is 0.364 e. The topological polar surface area (TPSA) is 60.2 Å². The van der Waals surface area contributed by atoms with Gasteiger partial charge in [0.25, 0.3) is 5.89 Å². The molecule has 1 saturated heterocycles. The van der Waals surface area contributed by atoms with Gasteiger partial charge in [-0.05, 0) is 61.8 Å². The van der Waals surface area contributed by atoms with Crippen LogP contribution in [0.25, 0.3) is 0 Å². The molecule has 1 aromatic heterocycles. The first-order valence-electron chi connectivity index (χ1n) is 9.37. The minimum atomic E-state index is -0.335. The number of nitrogens with zero attached hydrogens (tertiary/aromatic N) is 2. The van der Waals surface area contributed by atoms with Crippen LogP contribution in [0.2, 0.25) is 5.02 Å². The van der Waals surface area contributed by atoms with Gasteiger partial charge in [0, 0.05) is 18.5 Å². The Morgan fingerprint density at radius 2 is 2.08 bits per heavy atom. The van der Waals surface area contributed by atoms with E-state index in [-0.39, 0.29) is 29.1 Å². The van der Waals surface area contributed by atoms with Crippen LogP contribution in [0.1, 0.15) is 73.0 Å². The lowest BCUT2D eigenvalue weighted by molar-refractivity contribution is 0.0252. The highest BCUT2D eigenvalue weighted by molar-refractivity contribution is 6.30. The van der Waals surface area contributed by atoms with Crippen LogP contribution in [0.3, 0.4) is 0 Å². The third-order valence-corrected chi connectivity index (χ3v) is 5.92. The number of ether oxygens (including phenoxy) is 1. The highest BCUT2D eigenvalue weighted by Crippen LogP contribution is 2.40. The van der Waals surface area contributed by atoms with Crippen molar-refractivity contribution in [1.29, 1.82) is 0 Å². The lowest BCUT2D eigenvalue weighted by Crippen LogP contribution is -2.29. The fraction of sp³-hybridized carbons (Fsp3) is 0.579. The highest BCUT2D eigenvalue weighted by Gasteiger charge is 2.34. The van der Waals surface area contributed by atoms with Crippen LogP contribution in [-0.4, -0.2) is 22.8 Å². The minimum absolute atomic E-state index is 0.0961. The first kappa shape index (κ1) is 16.7. The van der Waals surface area contributed by atoms with Crippen molar-refractivity contribution < 1.29 is 13.7 Å². The van der Waals surface area contributed by atoms with Gasteiger partial charge in [0.2, 0.25) is 0 Å². The molecule has 5 nitrogen and oxygen atoms in total. The van der Waals surface area contributed by atoms with Crippen molar-refractivity contribution in [3.8, 4) is 0 Å². The van der Waals surface area contributed by atoms with Crippen molar-refractivity contribution in [2.45, 2.75) is 62.7 Å². The fourth-order valence-electron chi connectivity index (χ4n) is 4.01. The Labute approximate surface area is 156 Å². The van der Waals surface area contributed by atoms with E-state index in [9.17, 15) is 4.39 Å². The van der Waals surface area contributed by atoms with Gasteiger partial charge >= 0.3 is 0 Å².